The molecule has 2 aliphatic rings. The zero-order valence-corrected chi connectivity index (χ0v) is 23.8. The van der Waals surface area contributed by atoms with E-state index in [1.165, 1.54) is 39.9 Å². The molecule has 0 bridgehead atoms. The molecule has 1 atom stereocenters. The molecule has 4 rings (SSSR count). The summed E-state index contributed by atoms with van der Waals surface area (Å²) in [6.45, 7) is 6.80. The molecule has 1 aliphatic heterocycles. The van der Waals surface area contributed by atoms with Crippen LogP contribution in [0, 0.1) is 12.7 Å². The van der Waals surface area contributed by atoms with E-state index in [-0.39, 0.29) is 44.1 Å². The van der Waals surface area contributed by atoms with Crippen LogP contribution in [0.1, 0.15) is 67.5 Å². The molecule has 6 nitrogen and oxygen atoms in total. The molecule has 13 heteroatoms. The van der Waals surface area contributed by atoms with Crippen molar-refractivity contribution in [2.75, 3.05) is 26.7 Å². The van der Waals surface area contributed by atoms with Crippen molar-refractivity contribution in [1.82, 2.24) is 14.7 Å². The summed E-state index contributed by atoms with van der Waals surface area (Å²) < 4.78 is 101. The number of nitrogens with zero attached hydrogens (tertiary/aromatic N) is 3. The van der Waals surface area contributed by atoms with Gasteiger partial charge in [-0.3, -0.25) is 0 Å². The Morgan fingerprint density at radius 3 is 1.98 bits per heavy atom. The summed E-state index contributed by atoms with van der Waals surface area (Å²) in [6.07, 6.45) is -10.4. The van der Waals surface area contributed by atoms with Gasteiger partial charge in [-0.15, -0.1) is 0 Å². The Hall–Kier alpha value is -3.51. The first kappa shape index (κ1) is 31.4. The molecule has 0 unspecified atom stereocenters. The summed E-state index contributed by atoms with van der Waals surface area (Å²) >= 11 is 0. The molecule has 0 radical (unpaired) electrons. The summed E-state index contributed by atoms with van der Waals surface area (Å²) in [5, 5.41) is 0. The van der Waals surface area contributed by atoms with Crippen LogP contribution in [-0.4, -0.2) is 59.1 Å². The summed E-state index contributed by atoms with van der Waals surface area (Å²) in [5.74, 6) is -0.506. The fourth-order valence-electron chi connectivity index (χ4n) is 5.32. The third-order valence-electron chi connectivity index (χ3n) is 7.65. The van der Waals surface area contributed by atoms with Crippen molar-refractivity contribution in [1.29, 1.82) is 0 Å². The van der Waals surface area contributed by atoms with Crippen LogP contribution in [0.5, 0.6) is 0 Å². The van der Waals surface area contributed by atoms with Gasteiger partial charge in [0.05, 0.1) is 22.7 Å². The van der Waals surface area contributed by atoms with E-state index in [0.717, 1.165) is 0 Å². The van der Waals surface area contributed by atoms with E-state index < -0.39 is 58.6 Å². The zero-order chi connectivity index (χ0) is 31.4. The van der Waals surface area contributed by atoms with Crippen molar-refractivity contribution in [3.05, 3.63) is 70.0 Å². The lowest BCUT2D eigenvalue weighted by molar-refractivity contribution is -0.143. The maximum absolute atomic E-state index is 14.0. The highest BCUT2D eigenvalue weighted by atomic mass is 19.4. The number of aryl methyl sites for hydroxylation is 1. The minimum absolute atomic E-state index is 0.00360. The predicted octanol–water partition coefficient (Wildman–Crippen LogP) is 7.51. The molecule has 1 heterocycles. The van der Waals surface area contributed by atoms with E-state index in [1.807, 2.05) is 0 Å². The molecule has 0 aromatic heterocycles. The van der Waals surface area contributed by atoms with Gasteiger partial charge in [0.25, 0.3) is 0 Å². The summed E-state index contributed by atoms with van der Waals surface area (Å²) in [4.78, 5) is 30.9. The van der Waals surface area contributed by atoms with Gasteiger partial charge in [-0.2, -0.15) is 26.3 Å². The highest BCUT2D eigenvalue weighted by Gasteiger charge is 2.53. The lowest BCUT2D eigenvalue weighted by Gasteiger charge is -2.44. The summed E-state index contributed by atoms with van der Waals surface area (Å²) in [7, 11) is 1.34. The average Bonchev–Trinajstić information content (AvgIpc) is 3.67. The van der Waals surface area contributed by atoms with Crippen molar-refractivity contribution in [3.8, 4) is 0 Å². The number of alkyl halides is 6. The number of piperazine rings is 1. The number of hydrogen-bond donors (Lipinski definition) is 0. The van der Waals surface area contributed by atoms with Gasteiger partial charge in [0.1, 0.15) is 11.4 Å². The molecule has 2 aromatic rings. The van der Waals surface area contributed by atoms with Crippen LogP contribution in [0.3, 0.4) is 0 Å². The second kappa shape index (κ2) is 10.6. The predicted molar refractivity (Wildman–Crippen MR) is 139 cm³/mol. The van der Waals surface area contributed by atoms with Gasteiger partial charge in [-0.25, -0.2) is 14.0 Å². The van der Waals surface area contributed by atoms with Crippen LogP contribution in [0.4, 0.5) is 40.3 Å². The van der Waals surface area contributed by atoms with E-state index >= 15 is 0 Å². The molecule has 3 amide bonds. The van der Waals surface area contributed by atoms with Crippen LogP contribution in [0.25, 0.3) is 0 Å². The Labute approximate surface area is 239 Å². The van der Waals surface area contributed by atoms with Gasteiger partial charge in [0.2, 0.25) is 0 Å². The molecular weight excluding hydrogens is 571 g/mol. The van der Waals surface area contributed by atoms with Gasteiger partial charge in [-0.1, -0.05) is 6.07 Å². The van der Waals surface area contributed by atoms with Gasteiger partial charge >= 0.3 is 24.5 Å². The lowest BCUT2D eigenvalue weighted by atomic mass is 9.96. The molecule has 0 N–H and O–H groups in total. The van der Waals surface area contributed by atoms with Crippen molar-refractivity contribution >= 4 is 12.1 Å². The van der Waals surface area contributed by atoms with Crippen LogP contribution in [0.2, 0.25) is 0 Å². The Bertz CT molecular complexity index is 1330. The quantitative estimate of drug-likeness (QED) is 0.342. The topological polar surface area (TPSA) is 53.1 Å². The van der Waals surface area contributed by atoms with Crippen molar-refractivity contribution in [2.45, 2.75) is 70.1 Å². The first-order chi connectivity index (χ1) is 19.2. The number of carbonyl (C=O) groups is 2. The maximum Gasteiger partial charge on any atom is 0.416 e. The normalized spacial score (nSPS) is 19.0. The fraction of sp³-hybridized carbons (Fsp3) is 0.517. The minimum atomic E-state index is -5.03. The van der Waals surface area contributed by atoms with Gasteiger partial charge < -0.3 is 19.4 Å². The second-order valence-electron chi connectivity index (χ2n) is 11.8. The van der Waals surface area contributed by atoms with E-state index in [1.54, 1.807) is 27.7 Å². The molecule has 42 heavy (non-hydrogen) atoms. The average molecular weight is 604 g/mol. The van der Waals surface area contributed by atoms with Crippen LogP contribution in [0.15, 0.2) is 36.4 Å². The van der Waals surface area contributed by atoms with Crippen molar-refractivity contribution < 1.29 is 45.1 Å². The minimum Gasteiger partial charge on any atom is -0.444 e. The molecule has 1 aliphatic carbocycles. The molecule has 1 saturated heterocycles. The number of carbonyl (C=O) groups excluding carboxylic acids is 2. The molecule has 230 valence electrons. The highest BCUT2D eigenvalue weighted by molar-refractivity contribution is 5.77. The summed E-state index contributed by atoms with van der Waals surface area (Å²) in [6, 6.07) is 3.93. The van der Waals surface area contributed by atoms with Crippen LogP contribution < -0.4 is 0 Å². The molecule has 2 fully saturated rings. The monoisotopic (exact) mass is 603 g/mol. The van der Waals surface area contributed by atoms with E-state index in [2.05, 4.69) is 0 Å². The van der Waals surface area contributed by atoms with E-state index in [4.69, 9.17) is 4.74 Å². The SMILES string of the molecule is Cc1cc(F)ccc1[C@H]1CN(C(=O)OC(C)(C)C)CCN1C(=O)N(C)C1(c2cc(C(F)(F)F)cc(C(F)(F)F)c2)CC1. The Kier molecular flexibility index (Phi) is 7.96. The Balaban J connectivity index is 1.70. The van der Waals surface area contributed by atoms with Gasteiger partial charge in [0, 0.05) is 26.7 Å². The third-order valence-corrected chi connectivity index (χ3v) is 7.65. The highest BCUT2D eigenvalue weighted by Crippen LogP contribution is 2.53. The smallest absolute Gasteiger partial charge is 0.416 e. The molecular formula is C29H32F7N3O3. The van der Waals surface area contributed by atoms with E-state index in [0.29, 0.717) is 23.3 Å². The third kappa shape index (κ3) is 6.44. The number of ether oxygens (including phenoxy) is 1. The van der Waals surface area contributed by atoms with Gasteiger partial charge in [0.15, 0.2) is 0 Å². The molecule has 2 aromatic carbocycles. The fourth-order valence-corrected chi connectivity index (χ4v) is 5.32. The Morgan fingerprint density at radius 1 is 0.929 bits per heavy atom. The second-order valence-corrected chi connectivity index (χ2v) is 11.8. The number of amides is 3. The van der Waals surface area contributed by atoms with Crippen LogP contribution in [-0.2, 0) is 22.6 Å². The van der Waals surface area contributed by atoms with Crippen molar-refractivity contribution in [2.24, 2.45) is 0 Å². The largest absolute Gasteiger partial charge is 0.444 e. The Morgan fingerprint density at radius 2 is 1.50 bits per heavy atom. The van der Waals surface area contributed by atoms with E-state index in [9.17, 15) is 40.3 Å². The molecule has 1 saturated carbocycles. The van der Waals surface area contributed by atoms with Crippen LogP contribution >= 0.6 is 0 Å². The lowest BCUT2D eigenvalue weighted by Crippen LogP contribution is -2.57. The standard InChI is InChI=1S/C29H32F7N3O3/c1-17-12-21(30)6-7-22(17)23-16-38(25(41)42-26(2,3)4)10-11-39(23)24(40)37(5)27(8-9-27)18-13-19(28(31,32)33)15-20(14-18)29(34,35)36/h6-7,12-15,23H,8-11,16H2,1-5H3/t23-/m1/s1. The number of benzene rings is 2. The maximum atomic E-state index is 14.0. The first-order valence-corrected chi connectivity index (χ1v) is 13.3. The van der Waals surface area contributed by atoms with Crippen molar-refractivity contribution in [3.63, 3.8) is 0 Å². The number of halogens is 7. The number of hydrogen-bond acceptors (Lipinski definition) is 3. The number of rotatable bonds is 3. The zero-order valence-electron chi connectivity index (χ0n) is 23.8. The van der Waals surface area contributed by atoms with Gasteiger partial charge in [-0.05, 0) is 87.6 Å². The number of urea groups is 1. The summed E-state index contributed by atoms with van der Waals surface area (Å²) in [5.41, 5.74) is -4.31. The first-order valence-electron chi connectivity index (χ1n) is 13.3. The molecule has 0 spiro atoms.